The second-order valence-electron chi connectivity index (χ2n) is 3.94. The molecule has 0 spiro atoms. The van der Waals surface area contributed by atoms with Gasteiger partial charge < -0.3 is 4.90 Å². The van der Waals surface area contributed by atoms with Gasteiger partial charge in [0.05, 0.1) is 4.88 Å². The molecular weight excluding hydrogens is 318 g/mol. The van der Waals surface area contributed by atoms with Crippen LogP contribution < -0.4 is 0 Å². The van der Waals surface area contributed by atoms with Gasteiger partial charge in [-0.2, -0.15) is 11.8 Å². The van der Waals surface area contributed by atoms with Crippen LogP contribution in [-0.4, -0.2) is 35.0 Å². The highest BCUT2D eigenvalue weighted by molar-refractivity contribution is 9.09. The summed E-state index contributed by atoms with van der Waals surface area (Å²) in [5.41, 5.74) is 1.38. The summed E-state index contributed by atoms with van der Waals surface area (Å²) in [6, 6.07) is 2.10. The van der Waals surface area contributed by atoms with E-state index in [2.05, 4.69) is 22.0 Å². The fourth-order valence-electron chi connectivity index (χ4n) is 1.91. The molecule has 1 aliphatic heterocycles. The summed E-state index contributed by atoms with van der Waals surface area (Å²) in [6.45, 7) is 3.60. The van der Waals surface area contributed by atoms with E-state index in [1.54, 1.807) is 11.3 Å². The van der Waals surface area contributed by atoms with Crippen LogP contribution in [0.4, 0.5) is 0 Å². The molecule has 1 aliphatic rings. The van der Waals surface area contributed by atoms with Crippen molar-refractivity contribution in [3.05, 3.63) is 21.4 Å². The van der Waals surface area contributed by atoms with E-state index in [1.165, 1.54) is 16.2 Å². The van der Waals surface area contributed by atoms with Crippen LogP contribution in [0.3, 0.4) is 0 Å². The Balaban J connectivity index is 2.15. The summed E-state index contributed by atoms with van der Waals surface area (Å²) < 4.78 is 0. The van der Waals surface area contributed by atoms with Gasteiger partial charge in [-0.25, -0.2) is 0 Å². The lowest BCUT2D eigenvalue weighted by Crippen LogP contribution is -2.31. The molecular formula is C12H16BrNOS2. The van der Waals surface area contributed by atoms with E-state index in [4.69, 9.17) is 0 Å². The normalized spacial score (nSPS) is 14.5. The van der Waals surface area contributed by atoms with Gasteiger partial charge in [0.25, 0.3) is 5.91 Å². The average molecular weight is 334 g/mol. The summed E-state index contributed by atoms with van der Waals surface area (Å²) in [6.07, 6.45) is 1.13. The fraction of sp³-hybridized carbons (Fsp3) is 0.583. The van der Waals surface area contributed by atoms with Crippen molar-refractivity contribution in [3.8, 4) is 0 Å². The van der Waals surface area contributed by atoms with Crippen molar-refractivity contribution in [2.75, 3.05) is 24.2 Å². The van der Waals surface area contributed by atoms with Crippen molar-refractivity contribution in [2.45, 2.75) is 19.1 Å². The highest BCUT2D eigenvalue weighted by Crippen LogP contribution is 2.32. The molecule has 0 radical (unpaired) electrons. The highest BCUT2D eigenvalue weighted by atomic mass is 79.9. The third-order valence-electron chi connectivity index (χ3n) is 2.86. The number of aryl methyl sites for hydroxylation is 1. The molecule has 2 heterocycles. The van der Waals surface area contributed by atoms with Crippen LogP contribution in [0.25, 0.3) is 0 Å². The summed E-state index contributed by atoms with van der Waals surface area (Å²) in [5.74, 6) is 2.46. The molecule has 1 aromatic rings. The summed E-state index contributed by atoms with van der Waals surface area (Å²) in [5, 5.41) is 0.841. The van der Waals surface area contributed by atoms with Gasteiger partial charge >= 0.3 is 0 Å². The summed E-state index contributed by atoms with van der Waals surface area (Å²) in [7, 11) is 0. The van der Waals surface area contributed by atoms with E-state index in [9.17, 15) is 4.79 Å². The number of nitrogens with zero attached hydrogens (tertiary/aromatic N) is 1. The number of thiophene rings is 1. The van der Waals surface area contributed by atoms with Gasteiger partial charge in [0, 0.05) is 29.0 Å². The monoisotopic (exact) mass is 333 g/mol. The van der Waals surface area contributed by atoms with Crippen molar-refractivity contribution < 1.29 is 4.79 Å². The second-order valence-corrected chi connectivity index (χ2v) is 6.97. The number of fused-ring (bicyclic) bond motifs is 1. The zero-order valence-corrected chi connectivity index (χ0v) is 13.1. The second kappa shape index (κ2) is 6.25. The molecule has 0 unspecified atom stereocenters. The molecule has 2 rings (SSSR count). The average Bonchev–Trinajstić information content (AvgIpc) is 2.78. The molecule has 1 amide bonds. The van der Waals surface area contributed by atoms with Crippen LogP contribution >= 0.6 is 39.0 Å². The quantitative estimate of drug-likeness (QED) is 0.787. The lowest BCUT2D eigenvalue weighted by Gasteiger charge is -2.18. The third-order valence-corrected chi connectivity index (χ3v) is 5.45. The maximum absolute atomic E-state index is 12.3. The Bertz CT molecular complexity index is 382. The number of rotatable bonds is 4. The number of halogens is 1. The molecule has 0 bridgehead atoms. The minimum atomic E-state index is 0.191. The third kappa shape index (κ3) is 3.06. The van der Waals surface area contributed by atoms with Gasteiger partial charge in [0.1, 0.15) is 0 Å². The Morgan fingerprint density at radius 1 is 1.59 bits per heavy atom. The van der Waals surface area contributed by atoms with Crippen LogP contribution in [0.1, 0.15) is 27.0 Å². The molecule has 0 N–H and O–H groups in total. The van der Waals surface area contributed by atoms with Gasteiger partial charge in [-0.1, -0.05) is 15.9 Å². The van der Waals surface area contributed by atoms with Crippen molar-refractivity contribution >= 4 is 44.9 Å². The molecule has 0 saturated heterocycles. The number of alkyl halides is 1. The summed E-state index contributed by atoms with van der Waals surface area (Å²) in [4.78, 5) is 16.5. The van der Waals surface area contributed by atoms with Crippen LogP contribution in [0.5, 0.6) is 0 Å². The molecule has 5 heteroatoms. The van der Waals surface area contributed by atoms with Crippen molar-refractivity contribution in [1.82, 2.24) is 4.90 Å². The minimum Gasteiger partial charge on any atom is -0.337 e. The molecule has 94 valence electrons. The first kappa shape index (κ1) is 13.4. The van der Waals surface area contributed by atoms with Gasteiger partial charge in [0.2, 0.25) is 0 Å². The molecule has 0 fully saturated rings. The number of carbonyl (C=O) groups is 1. The smallest absolute Gasteiger partial charge is 0.263 e. The van der Waals surface area contributed by atoms with Gasteiger partial charge in [-0.15, -0.1) is 11.3 Å². The first-order valence-electron chi connectivity index (χ1n) is 5.80. The number of carbonyl (C=O) groups excluding carboxylic acids is 1. The van der Waals surface area contributed by atoms with Gasteiger partial charge in [0.15, 0.2) is 0 Å². The first-order valence-corrected chi connectivity index (χ1v) is 8.90. The predicted molar refractivity (Wildman–Crippen MR) is 79.6 cm³/mol. The lowest BCUT2D eigenvalue weighted by atomic mass is 10.2. The number of thioether (sulfide) groups is 1. The Labute approximate surface area is 119 Å². The Morgan fingerprint density at radius 3 is 3.06 bits per heavy atom. The van der Waals surface area contributed by atoms with E-state index < -0.39 is 0 Å². The molecule has 1 aromatic heterocycles. The van der Waals surface area contributed by atoms with Crippen LogP contribution in [0.15, 0.2) is 6.07 Å². The maximum atomic E-state index is 12.3. The van der Waals surface area contributed by atoms with Gasteiger partial charge in [-0.3, -0.25) is 4.79 Å². The maximum Gasteiger partial charge on any atom is 0.263 e. The largest absolute Gasteiger partial charge is 0.337 e. The number of hydrogen-bond donors (Lipinski definition) is 0. The molecule has 2 nitrogen and oxygen atoms in total. The standard InChI is InChI=1S/C12H16BrNOS2/c1-2-14(5-4-13)12(15)11-7-9-8-16-6-3-10(9)17-11/h7H,2-6,8H2,1H3. The van der Waals surface area contributed by atoms with Crippen molar-refractivity contribution in [1.29, 1.82) is 0 Å². The zero-order chi connectivity index (χ0) is 12.3. The van der Waals surface area contributed by atoms with Crippen molar-refractivity contribution in [2.24, 2.45) is 0 Å². The molecule has 0 aromatic carbocycles. The van der Waals surface area contributed by atoms with Crippen LogP contribution in [0.2, 0.25) is 0 Å². The Hall–Kier alpha value is -0.000000000000000111. The minimum absolute atomic E-state index is 0.191. The summed E-state index contributed by atoms with van der Waals surface area (Å²) >= 11 is 7.05. The zero-order valence-electron chi connectivity index (χ0n) is 9.87. The van der Waals surface area contributed by atoms with E-state index in [0.717, 1.165) is 35.5 Å². The fourth-order valence-corrected chi connectivity index (χ4v) is 4.68. The molecule has 0 atom stereocenters. The molecule has 0 saturated carbocycles. The first-order chi connectivity index (χ1) is 8.26. The molecule has 0 aliphatic carbocycles. The van der Waals surface area contributed by atoms with E-state index in [1.807, 2.05) is 23.6 Å². The van der Waals surface area contributed by atoms with E-state index >= 15 is 0 Å². The topological polar surface area (TPSA) is 20.3 Å². The lowest BCUT2D eigenvalue weighted by molar-refractivity contribution is 0.0779. The highest BCUT2D eigenvalue weighted by Gasteiger charge is 2.20. The molecule has 17 heavy (non-hydrogen) atoms. The van der Waals surface area contributed by atoms with E-state index in [-0.39, 0.29) is 5.91 Å². The van der Waals surface area contributed by atoms with Crippen molar-refractivity contribution in [3.63, 3.8) is 0 Å². The SMILES string of the molecule is CCN(CCBr)C(=O)c1cc2c(s1)CCSC2. The van der Waals surface area contributed by atoms with Crippen LogP contribution in [0, 0.1) is 0 Å². The van der Waals surface area contributed by atoms with Gasteiger partial charge in [-0.05, 0) is 30.7 Å². The Kier molecular flexibility index (Phi) is 4.94. The Morgan fingerprint density at radius 2 is 2.41 bits per heavy atom. The van der Waals surface area contributed by atoms with Crippen LogP contribution in [-0.2, 0) is 12.2 Å². The van der Waals surface area contributed by atoms with E-state index in [0.29, 0.717) is 0 Å². The number of amides is 1. The predicted octanol–water partition coefficient (Wildman–Crippen LogP) is 3.39. The number of hydrogen-bond acceptors (Lipinski definition) is 3.